The van der Waals surface area contributed by atoms with Crippen LogP contribution in [0.2, 0.25) is 0 Å². The molecule has 0 saturated carbocycles. The molecule has 90 valence electrons. The van der Waals surface area contributed by atoms with Crippen molar-refractivity contribution in [1.29, 1.82) is 0 Å². The van der Waals surface area contributed by atoms with E-state index in [9.17, 15) is 9.18 Å². The Labute approximate surface area is 100 Å². The van der Waals surface area contributed by atoms with E-state index in [-0.39, 0.29) is 17.2 Å². The standard InChI is InChI=1S/C11H8FN5O/c12-6-3-1-2-5-8(6)16-11(14)17-4-7(9(13)18)15-10(5)17/h1-4H,(H2,13,18)(H2,14,16). The third-order valence-electron chi connectivity index (χ3n) is 2.66. The highest BCUT2D eigenvalue weighted by Crippen LogP contribution is 2.22. The number of hydrogen-bond donors (Lipinski definition) is 2. The highest BCUT2D eigenvalue weighted by atomic mass is 19.1. The predicted molar refractivity (Wildman–Crippen MR) is 63.4 cm³/mol. The number of primary amides is 1. The van der Waals surface area contributed by atoms with E-state index in [0.29, 0.717) is 11.0 Å². The van der Waals surface area contributed by atoms with Crippen molar-refractivity contribution in [1.82, 2.24) is 14.4 Å². The minimum absolute atomic E-state index is 0.0441. The van der Waals surface area contributed by atoms with Gasteiger partial charge in [-0.15, -0.1) is 0 Å². The summed E-state index contributed by atoms with van der Waals surface area (Å²) in [5, 5.41) is 0.469. The molecule has 0 saturated heterocycles. The second kappa shape index (κ2) is 3.39. The number of para-hydroxylation sites is 1. The van der Waals surface area contributed by atoms with Gasteiger partial charge in [0.05, 0.1) is 0 Å². The summed E-state index contributed by atoms with van der Waals surface area (Å²) in [7, 11) is 0. The maximum absolute atomic E-state index is 13.6. The summed E-state index contributed by atoms with van der Waals surface area (Å²) in [6.45, 7) is 0. The van der Waals surface area contributed by atoms with Crippen LogP contribution in [0.15, 0.2) is 24.4 Å². The predicted octanol–water partition coefficient (Wildman–Crippen LogP) is 0.703. The van der Waals surface area contributed by atoms with Crippen LogP contribution in [0.4, 0.5) is 10.3 Å². The zero-order chi connectivity index (χ0) is 12.9. The lowest BCUT2D eigenvalue weighted by Crippen LogP contribution is -2.10. The van der Waals surface area contributed by atoms with E-state index in [4.69, 9.17) is 11.5 Å². The number of halogens is 1. The number of aromatic nitrogens is 3. The summed E-state index contributed by atoms with van der Waals surface area (Å²) in [6, 6.07) is 4.47. The molecule has 7 heteroatoms. The van der Waals surface area contributed by atoms with Gasteiger partial charge in [-0.2, -0.15) is 0 Å². The Hall–Kier alpha value is -2.70. The molecule has 18 heavy (non-hydrogen) atoms. The maximum Gasteiger partial charge on any atom is 0.268 e. The normalized spacial score (nSPS) is 11.2. The Kier molecular flexibility index (Phi) is 1.97. The number of anilines is 1. The van der Waals surface area contributed by atoms with E-state index in [1.807, 2.05) is 0 Å². The minimum atomic E-state index is -0.678. The first-order valence-electron chi connectivity index (χ1n) is 5.10. The Bertz CT molecular complexity index is 795. The van der Waals surface area contributed by atoms with Crippen LogP contribution in [0, 0.1) is 5.82 Å². The van der Waals surface area contributed by atoms with Gasteiger partial charge in [0.1, 0.15) is 22.7 Å². The third kappa shape index (κ3) is 1.30. The van der Waals surface area contributed by atoms with Crippen LogP contribution in [0.25, 0.3) is 16.6 Å². The van der Waals surface area contributed by atoms with Gasteiger partial charge in [0.2, 0.25) is 5.95 Å². The van der Waals surface area contributed by atoms with Gasteiger partial charge >= 0.3 is 0 Å². The lowest BCUT2D eigenvalue weighted by atomic mass is 10.2. The van der Waals surface area contributed by atoms with Crippen molar-refractivity contribution < 1.29 is 9.18 Å². The summed E-state index contributed by atoms with van der Waals surface area (Å²) in [6.07, 6.45) is 1.38. The number of benzene rings is 1. The second-order valence-corrected chi connectivity index (χ2v) is 3.79. The molecule has 2 aromatic heterocycles. The molecule has 0 aliphatic rings. The molecule has 0 spiro atoms. The fraction of sp³-hybridized carbons (Fsp3) is 0. The number of nitrogens with two attached hydrogens (primary N) is 2. The highest BCUT2D eigenvalue weighted by Gasteiger charge is 2.14. The average Bonchev–Trinajstić information content (AvgIpc) is 2.77. The van der Waals surface area contributed by atoms with Crippen molar-refractivity contribution in [2.24, 2.45) is 5.73 Å². The van der Waals surface area contributed by atoms with Crippen LogP contribution in [-0.4, -0.2) is 20.3 Å². The van der Waals surface area contributed by atoms with Crippen LogP contribution in [0.1, 0.15) is 10.5 Å². The van der Waals surface area contributed by atoms with Gasteiger partial charge in [-0.05, 0) is 12.1 Å². The van der Waals surface area contributed by atoms with E-state index < -0.39 is 11.7 Å². The van der Waals surface area contributed by atoms with Gasteiger partial charge in [0.25, 0.3) is 5.91 Å². The van der Waals surface area contributed by atoms with Crippen molar-refractivity contribution >= 4 is 28.4 Å². The van der Waals surface area contributed by atoms with Gasteiger partial charge in [-0.3, -0.25) is 9.20 Å². The first-order chi connectivity index (χ1) is 8.58. The zero-order valence-corrected chi connectivity index (χ0v) is 9.09. The molecule has 0 bridgehead atoms. The van der Waals surface area contributed by atoms with Crippen molar-refractivity contribution in [2.75, 3.05) is 5.73 Å². The first-order valence-corrected chi connectivity index (χ1v) is 5.10. The Morgan fingerprint density at radius 1 is 1.33 bits per heavy atom. The molecule has 4 N–H and O–H groups in total. The molecule has 0 fully saturated rings. The van der Waals surface area contributed by atoms with E-state index in [1.54, 1.807) is 6.07 Å². The fourth-order valence-electron chi connectivity index (χ4n) is 1.84. The SMILES string of the molecule is NC(=O)c1cn2c(N)nc3c(F)cccc3c2n1. The lowest BCUT2D eigenvalue weighted by Gasteiger charge is -2.03. The topological polar surface area (TPSA) is 99.3 Å². The van der Waals surface area contributed by atoms with Crippen LogP contribution in [0.3, 0.4) is 0 Å². The monoisotopic (exact) mass is 245 g/mol. The molecule has 3 aromatic rings. The van der Waals surface area contributed by atoms with Crippen molar-refractivity contribution in [3.63, 3.8) is 0 Å². The van der Waals surface area contributed by atoms with Crippen molar-refractivity contribution in [3.05, 3.63) is 35.9 Å². The second-order valence-electron chi connectivity index (χ2n) is 3.79. The summed E-state index contributed by atoms with van der Waals surface area (Å²) < 4.78 is 15.0. The molecular weight excluding hydrogens is 237 g/mol. The lowest BCUT2D eigenvalue weighted by molar-refractivity contribution is 0.0996. The van der Waals surface area contributed by atoms with Crippen LogP contribution >= 0.6 is 0 Å². The fourth-order valence-corrected chi connectivity index (χ4v) is 1.84. The zero-order valence-electron chi connectivity index (χ0n) is 9.09. The van der Waals surface area contributed by atoms with Gasteiger partial charge in [-0.1, -0.05) is 6.07 Å². The van der Waals surface area contributed by atoms with Gasteiger partial charge < -0.3 is 11.5 Å². The Morgan fingerprint density at radius 2 is 2.11 bits per heavy atom. The minimum Gasteiger partial charge on any atom is -0.369 e. The number of amides is 1. The Morgan fingerprint density at radius 3 is 2.83 bits per heavy atom. The summed E-state index contributed by atoms with van der Waals surface area (Å²) in [5.41, 5.74) is 11.4. The number of rotatable bonds is 1. The largest absolute Gasteiger partial charge is 0.369 e. The smallest absolute Gasteiger partial charge is 0.268 e. The number of carbonyl (C=O) groups is 1. The number of nitrogens with zero attached hydrogens (tertiary/aromatic N) is 3. The van der Waals surface area contributed by atoms with Crippen LogP contribution < -0.4 is 11.5 Å². The highest BCUT2D eigenvalue weighted by molar-refractivity contribution is 5.97. The van der Waals surface area contributed by atoms with Crippen LogP contribution in [-0.2, 0) is 0 Å². The molecule has 1 aromatic carbocycles. The molecule has 0 aliphatic heterocycles. The molecule has 3 rings (SSSR count). The van der Waals surface area contributed by atoms with E-state index >= 15 is 0 Å². The molecular formula is C11H8FN5O. The molecule has 0 radical (unpaired) electrons. The molecule has 0 aliphatic carbocycles. The number of fused-ring (bicyclic) bond motifs is 3. The number of nitrogen functional groups attached to an aromatic ring is 1. The molecule has 2 heterocycles. The summed E-state index contributed by atoms with van der Waals surface area (Å²) in [4.78, 5) is 19.1. The number of imidazole rings is 1. The van der Waals surface area contributed by atoms with Crippen molar-refractivity contribution in [2.45, 2.75) is 0 Å². The third-order valence-corrected chi connectivity index (χ3v) is 2.66. The maximum atomic E-state index is 13.6. The number of carbonyl (C=O) groups excluding carboxylic acids is 1. The average molecular weight is 245 g/mol. The quantitative estimate of drug-likeness (QED) is 0.659. The first kappa shape index (κ1) is 10.5. The van der Waals surface area contributed by atoms with E-state index in [0.717, 1.165) is 0 Å². The molecule has 0 unspecified atom stereocenters. The summed E-state index contributed by atoms with van der Waals surface area (Å²) >= 11 is 0. The summed E-state index contributed by atoms with van der Waals surface area (Å²) in [5.74, 6) is -1.13. The van der Waals surface area contributed by atoms with Gasteiger partial charge in [0.15, 0.2) is 0 Å². The van der Waals surface area contributed by atoms with Gasteiger partial charge in [0, 0.05) is 11.6 Å². The number of hydrogen-bond acceptors (Lipinski definition) is 4. The molecule has 0 atom stereocenters. The van der Waals surface area contributed by atoms with E-state index in [1.165, 1.54) is 22.7 Å². The van der Waals surface area contributed by atoms with Gasteiger partial charge in [-0.25, -0.2) is 14.4 Å². The Balaban J connectivity index is 2.53. The van der Waals surface area contributed by atoms with E-state index in [2.05, 4.69) is 9.97 Å². The van der Waals surface area contributed by atoms with Crippen molar-refractivity contribution in [3.8, 4) is 0 Å². The molecule has 6 nitrogen and oxygen atoms in total. The van der Waals surface area contributed by atoms with Crippen LogP contribution in [0.5, 0.6) is 0 Å². The molecule has 1 amide bonds.